The molecule has 0 bridgehead atoms. The quantitative estimate of drug-likeness (QED) is 0.156. The fraction of sp³-hybridized carbons (Fsp3) is 0.387. The molecule has 0 atom stereocenters. The summed E-state index contributed by atoms with van der Waals surface area (Å²) in [6.45, 7) is 16.4. The number of aromatic nitrogens is 2. The zero-order chi connectivity index (χ0) is 27.2. The summed E-state index contributed by atoms with van der Waals surface area (Å²) >= 11 is 7.91. The Balaban J connectivity index is 1.36. The van der Waals surface area contributed by atoms with Crippen molar-refractivity contribution in [2.24, 2.45) is 0 Å². The topological polar surface area (TPSA) is 31.9 Å². The first-order chi connectivity index (χ1) is 19.0. The van der Waals surface area contributed by atoms with Gasteiger partial charge in [0.05, 0.1) is 30.1 Å². The summed E-state index contributed by atoms with van der Waals surface area (Å²) < 4.78 is 3.51. The van der Waals surface area contributed by atoms with Gasteiger partial charge >= 0.3 is 0 Å². The van der Waals surface area contributed by atoms with Crippen LogP contribution in [0, 0.1) is 6.57 Å². The summed E-state index contributed by atoms with van der Waals surface area (Å²) in [6, 6.07) is 16.9. The molecule has 1 aliphatic rings. The minimum absolute atomic E-state index is 0.660. The second-order valence-electron chi connectivity index (χ2n) is 10.4. The van der Waals surface area contributed by atoms with Crippen LogP contribution < -0.4 is 4.90 Å². The van der Waals surface area contributed by atoms with Crippen molar-refractivity contribution in [3.63, 3.8) is 0 Å². The van der Waals surface area contributed by atoms with E-state index in [0.29, 0.717) is 18.8 Å². The van der Waals surface area contributed by atoms with Crippen LogP contribution in [-0.2, 0) is 19.6 Å². The number of hydrogen-bond donors (Lipinski definition) is 0. The number of rotatable bonds is 10. The fourth-order valence-electron chi connectivity index (χ4n) is 5.00. The molecule has 0 aliphatic carbocycles. The summed E-state index contributed by atoms with van der Waals surface area (Å²) in [5.41, 5.74) is 4.06. The number of thiophene rings is 1. The Morgan fingerprint density at radius 1 is 1.08 bits per heavy atom. The molecule has 0 amide bonds. The van der Waals surface area contributed by atoms with E-state index in [-0.39, 0.29) is 0 Å². The molecule has 1 fully saturated rings. The number of anilines is 1. The van der Waals surface area contributed by atoms with Crippen molar-refractivity contribution >= 4 is 50.0 Å². The van der Waals surface area contributed by atoms with Gasteiger partial charge in [0, 0.05) is 60.7 Å². The third-order valence-corrected chi connectivity index (χ3v) is 8.95. The van der Waals surface area contributed by atoms with Crippen LogP contribution in [-0.4, -0.2) is 57.6 Å². The third kappa shape index (κ3) is 6.92. The average molecular weight is 557 g/mol. The Morgan fingerprint density at radius 2 is 1.87 bits per heavy atom. The summed E-state index contributed by atoms with van der Waals surface area (Å²) in [6.07, 6.45) is 6.93. The molecular formula is C31H36N6S2. The lowest BCUT2D eigenvalue weighted by molar-refractivity contribution is 0.149. The molecule has 1 saturated heterocycles. The number of likely N-dealkylation sites (N-methyl/N-ethyl adjacent to an activating group) is 1. The Kier molecular flexibility index (Phi) is 9.05. The Labute approximate surface area is 241 Å². The van der Waals surface area contributed by atoms with E-state index in [0.717, 1.165) is 73.9 Å². The van der Waals surface area contributed by atoms with Crippen LogP contribution >= 0.6 is 23.6 Å². The SMILES string of the molecule is [C-]#[N+]c1ccc(Cn2cncc2CN(C(=S)CCCC)c2ccc3sc(CN4CCN(C)CC4)cc3c2)cc1. The van der Waals surface area contributed by atoms with Crippen molar-refractivity contribution in [3.05, 3.63) is 88.6 Å². The second kappa shape index (κ2) is 12.8. The van der Waals surface area contributed by atoms with E-state index in [1.54, 1.807) is 0 Å². The standard InChI is InChI=1S/C31H36N6S2/c1-4-5-6-31(38)37(21-28-19-33-23-36(28)20-24-7-9-26(32-2)10-8-24)27-11-12-30-25(17-27)18-29(39-30)22-35-15-13-34(3)14-16-35/h7-12,17-19,23H,4-6,13-16,20-22H2,1,3H3. The highest BCUT2D eigenvalue weighted by atomic mass is 32.1. The summed E-state index contributed by atoms with van der Waals surface area (Å²) in [4.78, 5) is 17.6. The van der Waals surface area contributed by atoms with Crippen molar-refractivity contribution < 1.29 is 0 Å². The maximum Gasteiger partial charge on any atom is 0.187 e. The predicted octanol–water partition coefficient (Wildman–Crippen LogP) is 6.97. The van der Waals surface area contributed by atoms with Crippen molar-refractivity contribution in [1.29, 1.82) is 0 Å². The lowest BCUT2D eigenvalue weighted by Crippen LogP contribution is -2.43. The molecule has 1 aliphatic heterocycles. The van der Waals surface area contributed by atoms with E-state index >= 15 is 0 Å². The molecule has 2 aromatic heterocycles. The zero-order valence-electron chi connectivity index (χ0n) is 22.8. The van der Waals surface area contributed by atoms with Gasteiger partial charge in [-0.05, 0) is 55.1 Å². The van der Waals surface area contributed by atoms with Crippen LogP contribution in [0.4, 0.5) is 11.4 Å². The van der Waals surface area contributed by atoms with Crippen molar-refractivity contribution in [3.8, 4) is 0 Å². The Bertz CT molecular complexity index is 1440. The van der Waals surface area contributed by atoms with Gasteiger partial charge in [-0.2, -0.15) is 0 Å². The van der Waals surface area contributed by atoms with E-state index < -0.39 is 0 Å². The van der Waals surface area contributed by atoms with Crippen LogP contribution in [0.1, 0.15) is 42.3 Å². The highest BCUT2D eigenvalue weighted by Crippen LogP contribution is 2.32. The number of piperazine rings is 1. The van der Waals surface area contributed by atoms with Crippen LogP contribution in [0.5, 0.6) is 0 Å². The van der Waals surface area contributed by atoms with Crippen LogP contribution in [0.2, 0.25) is 0 Å². The number of hydrogen-bond acceptors (Lipinski definition) is 5. The molecule has 0 spiro atoms. The number of thiocarbonyl (C=S) groups is 1. The molecule has 3 heterocycles. The summed E-state index contributed by atoms with van der Waals surface area (Å²) in [5, 5.41) is 1.29. The van der Waals surface area contributed by atoms with Crippen molar-refractivity contribution in [1.82, 2.24) is 19.4 Å². The molecule has 202 valence electrons. The average Bonchev–Trinajstić information content (AvgIpc) is 3.57. The summed E-state index contributed by atoms with van der Waals surface area (Å²) in [5.74, 6) is 0. The van der Waals surface area contributed by atoms with Gasteiger partial charge in [-0.3, -0.25) is 4.90 Å². The normalized spacial score (nSPS) is 14.5. The van der Waals surface area contributed by atoms with Crippen LogP contribution in [0.25, 0.3) is 14.9 Å². The predicted molar refractivity (Wildman–Crippen MR) is 167 cm³/mol. The minimum Gasteiger partial charge on any atom is -0.330 e. The van der Waals surface area contributed by atoms with Crippen molar-refractivity contribution in [2.75, 3.05) is 38.1 Å². The maximum atomic E-state index is 7.20. The zero-order valence-corrected chi connectivity index (χ0v) is 24.5. The molecule has 0 unspecified atom stereocenters. The smallest absolute Gasteiger partial charge is 0.187 e. The number of unbranched alkanes of at least 4 members (excludes halogenated alkanes) is 1. The molecule has 5 rings (SSSR count). The lowest BCUT2D eigenvalue weighted by atomic mass is 10.1. The highest BCUT2D eigenvalue weighted by molar-refractivity contribution is 7.80. The molecular weight excluding hydrogens is 521 g/mol. The van der Waals surface area contributed by atoms with E-state index in [4.69, 9.17) is 18.8 Å². The molecule has 6 nitrogen and oxygen atoms in total. The van der Waals surface area contributed by atoms with E-state index in [9.17, 15) is 0 Å². The third-order valence-electron chi connectivity index (χ3n) is 7.42. The minimum atomic E-state index is 0.660. The van der Waals surface area contributed by atoms with Gasteiger partial charge in [0.15, 0.2) is 5.69 Å². The van der Waals surface area contributed by atoms with Gasteiger partial charge in [0.25, 0.3) is 0 Å². The molecule has 2 aromatic carbocycles. The first-order valence-corrected chi connectivity index (χ1v) is 14.9. The van der Waals surface area contributed by atoms with Crippen molar-refractivity contribution in [2.45, 2.75) is 45.8 Å². The summed E-state index contributed by atoms with van der Waals surface area (Å²) in [7, 11) is 2.20. The van der Waals surface area contributed by atoms with Gasteiger partial charge in [-0.1, -0.05) is 49.8 Å². The molecule has 0 radical (unpaired) electrons. The first-order valence-electron chi connectivity index (χ1n) is 13.7. The number of nitrogens with zero attached hydrogens (tertiary/aromatic N) is 6. The highest BCUT2D eigenvalue weighted by Gasteiger charge is 2.18. The fourth-order valence-corrected chi connectivity index (χ4v) is 6.40. The number of fused-ring (bicyclic) bond motifs is 1. The van der Waals surface area contributed by atoms with Crippen LogP contribution in [0.15, 0.2) is 61.1 Å². The Hall–Kier alpha value is -3.09. The number of imidazole rings is 1. The first kappa shape index (κ1) is 27.5. The van der Waals surface area contributed by atoms with Gasteiger partial charge in [-0.15, -0.1) is 11.3 Å². The molecule has 4 aromatic rings. The lowest BCUT2D eigenvalue weighted by Gasteiger charge is -2.31. The largest absolute Gasteiger partial charge is 0.330 e. The molecule has 39 heavy (non-hydrogen) atoms. The second-order valence-corrected chi connectivity index (χ2v) is 12.0. The van der Waals surface area contributed by atoms with Gasteiger partial charge in [-0.25, -0.2) is 9.83 Å². The van der Waals surface area contributed by atoms with Crippen LogP contribution in [0.3, 0.4) is 0 Å². The molecule has 8 heteroatoms. The van der Waals surface area contributed by atoms with Gasteiger partial charge < -0.3 is 14.4 Å². The van der Waals surface area contributed by atoms with E-state index in [1.165, 1.54) is 15.0 Å². The molecule has 0 N–H and O–H groups in total. The van der Waals surface area contributed by atoms with Gasteiger partial charge in [0.1, 0.15) is 0 Å². The van der Waals surface area contributed by atoms with Gasteiger partial charge in [0.2, 0.25) is 0 Å². The maximum absolute atomic E-state index is 7.20. The number of benzene rings is 2. The Morgan fingerprint density at radius 3 is 2.62 bits per heavy atom. The monoisotopic (exact) mass is 556 g/mol. The molecule has 0 saturated carbocycles. The van der Waals surface area contributed by atoms with E-state index in [2.05, 4.69) is 67.3 Å². The van der Waals surface area contributed by atoms with E-state index in [1.807, 2.05) is 48.1 Å².